The molecule has 1 aliphatic heterocycles. The Morgan fingerprint density at radius 2 is 2.05 bits per heavy atom. The van der Waals surface area contributed by atoms with Crippen molar-refractivity contribution in [3.8, 4) is 0 Å². The fourth-order valence-electron chi connectivity index (χ4n) is 2.47. The fourth-order valence-corrected chi connectivity index (χ4v) is 2.47. The van der Waals surface area contributed by atoms with Crippen LogP contribution in [-0.4, -0.2) is 52.6 Å². The SMILES string of the molecule is CC(O)C1CCCCN1C(=O)OC(C)C(C)CCO. The molecule has 5 nitrogen and oxygen atoms in total. The Bertz CT molecular complexity index is 283. The van der Waals surface area contributed by atoms with Crippen molar-refractivity contribution < 1.29 is 19.7 Å². The van der Waals surface area contributed by atoms with E-state index in [-0.39, 0.29) is 30.8 Å². The Kier molecular flexibility index (Phi) is 6.58. The van der Waals surface area contributed by atoms with Crippen LogP contribution in [0.25, 0.3) is 0 Å². The number of carbonyl (C=O) groups excluding carboxylic acids is 1. The maximum Gasteiger partial charge on any atom is 0.410 e. The summed E-state index contributed by atoms with van der Waals surface area (Å²) in [5.74, 6) is 0.128. The highest BCUT2D eigenvalue weighted by Gasteiger charge is 2.32. The number of ether oxygens (including phenoxy) is 1. The molecule has 0 aromatic carbocycles. The summed E-state index contributed by atoms with van der Waals surface area (Å²) in [5, 5.41) is 18.6. The van der Waals surface area contributed by atoms with E-state index < -0.39 is 6.10 Å². The zero-order chi connectivity index (χ0) is 14.4. The first-order valence-electron chi connectivity index (χ1n) is 7.23. The van der Waals surface area contributed by atoms with Crippen molar-refractivity contribution in [2.45, 2.75) is 64.7 Å². The van der Waals surface area contributed by atoms with Crippen LogP contribution in [-0.2, 0) is 4.74 Å². The number of hydrogen-bond donors (Lipinski definition) is 2. The number of hydrogen-bond acceptors (Lipinski definition) is 4. The zero-order valence-corrected chi connectivity index (χ0v) is 12.2. The quantitative estimate of drug-likeness (QED) is 0.801. The molecule has 1 amide bonds. The normalized spacial score (nSPS) is 24.7. The van der Waals surface area contributed by atoms with Crippen LogP contribution in [0.2, 0.25) is 0 Å². The number of likely N-dealkylation sites (tertiary alicyclic amines) is 1. The van der Waals surface area contributed by atoms with Crippen LogP contribution in [0.1, 0.15) is 46.5 Å². The van der Waals surface area contributed by atoms with Crippen LogP contribution in [0.15, 0.2) is 0 Å². The second kappa shape index (κ2) is 7.70. The first kappa shape index (κ1) is 16.2. The van der Waals surface area contributed by atoms with E-state index in [0.29, 0.717) is 13.0 Å². The molecule has 1 rings (SSSR count). The molecule has 0 radical (unpaired) electrons. The molecule has 5 heteroatoms. The van der Waals surface area contributed by atoms with Crippen molar-refractivity contribution in [3.63, 3.8) is 0 Å². The van der Waals surface area contributed by atoms with Gasteiger partial charge in [0.15, 0.2) is 0 Å². The molecule has 0 aliphatic carbocycles. The van der Waals surface area contributed by atoms with Gasteiger partial charge in [-0.1, -0.05) is 6.92 Å². The summed E-state index contributed by atoms with van der Waals surface area (Å²) in [5.41, 5.74) is 0. The van der Waals surface area contributed by atoms with Crippen LogP contribution in [0, 0.1) is 5.92 Å². The second-order valence-corrected chi connectivity index (χ2v) is 5.58. The number of piperidine rings is 1. The molecule has 0 aromatic heterocycles. The average Bonchev–Trinajstić information content (AvgIpc) is 2.38. The van der Waals surface area contributed by atoms with Gasteiger partial charge in [0.25, 0.3) is 0 Å². The third-order valence-corrected chi connectivity index (χ3v) is 4.01. The average molecular weight is 273 g/mol. The first-order valence-corrected chi connectivity index (χ1v) is 7.23. The first-order chi connectivity index (χ1) is 8.97. The van der Waals surface area contributed by atoms with Crippen LogP contribution in [0.5, 0.6) is 0 Å². The van der Waals surface area contributed by atoms with E-state index in [1.54, 1.807) is 11.8 Å². The minimum absolute atomic E-state index is 0.100. The lowest BCUT2D eigenvalue weighted by Crippen LogP contribution is -2.50. The topological polar surface area (TPSA) is 70.0 Å². The van der Waals surface area contributed by atoms with E-state index in [2.05, 4.69) is 0 Å². The summed E-state index contributed by atoms with van der Waals surface area (Å²) in [6.45, 7) is 6.27. The number of aliphatic hydroxyl groups is 2. The van der Waals surface area contributed by atoms with E-state index in [1.165, 1.54) is 0 Å². The van der Waals surface area contributed by atoms with Crippen molar-refractivity contribution in [1.29, 1.82) is 0 Å². The van der Waals surface area contributed by atoms with E-state index >= 15 is 0 Å². The lowest BCUT2D eigenvalue weighted by atomic mass is 9.99. The molecule has 2 N–H and O–H groups in total. The molecule has 1 fully saturated rings. The smallest absolute Gasteiger partial charge is 0.410 e. The second-order valence-electron chi connectivity index (χ2n) is 5.58. The number of carbonyl (C=O) groups is 1. The van der Waals surface area contributed by atoms with Gasteiger partial charge < -0.3 is 19.8 Å². The molecule has 19 heavy (non-hydrogen) atoms. The molecule has 0 spiro atoms. The number of nitrogens with zero attached hydrogens (tertiary/aromatic N) is 1. The van der Waals surface area contributed by atoms with Gasteiger partial charge >= 0.3 is 6.09 Å². The maximum atomic E-state index is 12.2. The Hall–Kier alpha value is -0.810. The predicted octanol–water partition coefficient (Wildman–Crippen LogP) is 1.77. The largest absolute Gasteiger partial charge is 0.446 e. The molecule has 4 unspecified atom stereocenters. The van der Waals surface area contributed by atoms with Gasteiger partial charge in [-0.25, -0.2) is 4.79 Å². The fraction of sp³-hybridized carbons (Fsp3) is 0.929. The van der Waals surface area contributed by atoms with Crippen molar-refractivity contribution in [1.82, 2.24) is 4.90 Å². The van der Waals surface area contributed by atoms with Crippen LogP contribution >= 0.6 is 0 Å². The zero-order valence-electron chi connectivity index (χ0n) is 12.2. The summed E-state index contributed by atoms with van der Waals surface area (Å²) >= 11 is 0. The Morgan fingerprint density at radius 1 is 1.37 bits per heavy atom. The molecule has 0 bridgehead atoms. The Labute approximate surface area is 115 Å². The van der Waals surface area contributed by atoms with Crippen LogP contribution < -0.4 is 0 Å². The molecular weight excluding hydrogens is 246 g/mol. The van der Waals surface area contributed by atoms with E-state index in [1.807, 2.05) is 13.8 Å². The van der Waals surface area contributed by atoms with Gasteiger partial charge in [-0.15, -0.1) is 0 Å². The third-order valence-electron chi connectivity index (χ3n) is 4.01. The van der Waals surface area contributed by atoms with Gasteiger partial charge in [0.1, 0.15) is 6.10 Å². The van der Waals surface area contributed by atoms with Gasteiger partial charge in [0.05, 0.1) is 12.1 Å². The summed E-state index contributed by atoms with van der Waals surface area (Å²) in [4.78, 5) is 13.8. The highest BCUT2D eigenvalue weighted by atomic mass is 16.6. The third kappa shape index (κ3) is 4.66. The summed E-state index contributed by atoms with van der Waals surface area (Å²) in [7, 11) is 0. The highest BCUT2D eigenvalue weighted by molar-refractivity contribution is 5.68. The van der Waals surface area contributed by atoms with E-state index in [9.17, 15) is 9.90 Å². The predicted molar refractivity (Wildman–Crippen MR) is 72.8 cm³/mol. The lowest BCUT2D eigenvalue weighted by molar-refractivity contribution is -0.00144. The monoisotopic (exact) mass is 273 g/mol. The maximum absolute atomic E-state index is 12.2. The number of aliphatic hydroxyl groups excluding tert-OH is 2. The van der Waals surface area contributed by atoms with Crippen molar-refractivity contribution >= 4 is 6.09 Å². The molecule has 0 saturated carbocycles. The molecule has 1 aliphatic rings. The summed E-state index contributed by atoms with van der Waals surface area (Å²) < 4.78 is 5.45. The molecule has 112 valence electrons. The van der Waals surface area contributed by atoms with Crippen LogP contribution in [0.3, 0.4) is 0 Å². The lowest BCUT2D eigenvalue weighted by Gasteiger charge is -2.37. The van der Waals surface area contributed by atoms with Crippen molar-refractivity contribution in [2.24, 2.45) is 5.92 Å². The number of amides is 1. The minimum atomic E-state index is -0.530. The van der Waals surface area contributed by atoms with E-state index in [0.717, 1.165) is 19.3 Å². The van der Waals surface area contributed by atoms with Gasteiger partial charge in [-0.05, 0) is 45.4 Å². The molecular formula is C14H27NO4. The molecule has 1 saturated heterocycles. The van der Waals surface area contributed by atoms with Gasteiger partial charge in [0, 0.05) is 13.2 Å². The molecule has 1 heterocycles. The molecule has 0 aromatic rings. The Balaban J connectivity index is 2.55. The van der Waals surface area contributed by atoms with Crippen molar-refractivity contribution in [2.75, 3.05) is 13.2 Å². The van der Waals surface area contributed by atoms with E-state index in [4.69, 9.17) is 9.84 Å². The van der Waals surface area contributed by atoms with Crippen molar-refractivity contribution in [3.05, 3.63) is 0 Å². The highest BCUT2D eigenvalue weighted by Crippen LogP contribution is 2.22. The van der Waals surface area contributed by atoms with Gasteiger partial charge in [-0.3, -0.25) is 0 Å². The number of rotatable bonds is 5. The van der Waals surface area contributed by atoms with Crippen LogP contribution in [0.4, 0.5) is 4.79 Å². The standard InChI is InChI=1S/C14H27NO4/c1-10(7-9-16)12(3)19-14(18)15-8-5-4-6-13(15)11(2)17/h10-13,16-17H,4-9H2,1-3H3. The summed E-state index contributed by atoms with van der Waals surface area (Å²) in [6, 6.07) is -0.137. The minimum Gasteiger partial charge on any atom is -0.446 e. The Morgan fingerprint density at radius 3 is 2.63 bits per heavy atom. The summed E-state index contributed by atoms with van der Waals surface area (Å²) in [6.07, 6.45) is 2.34. The van der Waals surface area contributed by atoms with Gasteiger partial charge in [0.2, 0.25) is 0 Å². The molecule has 4 atom stereocenters. The van der Waals surface area contributed by atoms with Gasteiger partial charge in [-0.2, -0.15) is 0 Å².